The van der Waals surface area contributed by atoms with E-state index in [4.69, 9.17) is 0 Å². The lowest BCUT2D eigenvalue weighted by molar-refractivity contribution is 0.0969. The van der Waals surface area contributed by atoms with Gasteiger partial charge in [0.25, 0.3) is 0 Å². The average Bonchev–Trinajstić information content (AvgIpc) is 2.10. The van der Waals surface area contributed by atoms with Gasteiger partial charge in [-0.3, -0.25) is 0 Å². The van der Waals surface area contributed by atoms with Crippen LogP contribution in [-0.4, -0.2) is 23.8 Å². The van der Waals surface area contributed by atoms with Crippen LogP contribution in [0.15, 0.2) is 12.7 Å². The van der Waals surface area contributed by atoms with E-state index in [-0.39, 0.29) is 6.10 Å². The van der Waals surface area contributed by atoms with Gasteiger partial charge in [-0.2, -0.15) is 0 Å². The highest BCUT2D eigenvalue weighted by molar-refractivity contribution is 4.80. The van der Waals surface area contributed by atoms with Crippen molar-refractivity contribution in [1.82, 2.24) is 5.32 Å². The molecule has 0 saturated heterocycles. The van der Waals surface area contributed by atoms with Crippen molar-refractivity contribution in [2.75, 3.05) is 6.54 Å². The zero-order valence-electron chi connectivity index (χ0n) is 9.96. The molecule has 0 aliphatic rings. The van der Waals surface area contributed by atoms with Gasteiger partial charge >= 0.3 is 0 Å². The summed E-state index contributed by atoms with van der Waals surface area (Å²) in [6.07, 6.45) is 2.47. The average molecular weight is 199 g/mol. The smallest absolute Gasteiger partial charge is 0.0578 e. The van der Waals surface area contributed by atoms with E-state index in [1.54, 1.807) is 0 Å². The van der Waals surface area contributed by atoms with Gasteiger partial charge in [-0.15, -0.1) is 6.58 Å². The molecule has 0 aliphatic heterocycles. The maximum atomic E-state index is 9.78. The predicted octanol–water partition coefficient (Wildman–Crippen LogP) is 2.19. The summed E-state index contributed by atoms with van der Waals surface area (Å²) in [6, 6.07) is 0.380. The monoisotopic (exact) mass is 199 g/mol. The lowest BCUT2D eigenvalue weighted by atomic mass is 9.93. The van der Waals surface area contributed by atoms with Gasteiger partial charge in [-0.05, 0) is 18.3 Å². The summed E-state index contributed by atoms with van der Waals surface area (Å²) in [7, 11) is 0. The lowest BCUT2D eigenvalue weighted by Crippen LogP contribution is -2.38. The van der Waals surface area contributed by atoms with Crippen molar-refractivity contribution < 1.29 is 5.11 Å². The third kappa shape index (κ3) is 5.40. The van der Waals surface area contributed by atoms with Crippen LogP contribution >= 0.6 is 0 Å². The van der Waals surface area contributed by atoms with E-state index in [9.17, 15) is 5.11 Å². The molecule has 0 heterocycles. The second-order valence-electron chi connectivity index (χ2n) is 4.59. The van der Waals surface area contributed by atoms with Crippen molar-refractivity contribution in [3.8, 4) is 0 Å². The molecule has 2 atom stereocenters. The summed E-state index contributed by atoms with van der Waals surface area (Å²) in [5.41, 5.74) is 0. The normalized spacial score (nSPS) is 15.9. The Morgan fingerprint density at radius 3 is 2.14 bits per heavy atom. The first-order valence-electron chi connectivity index (χ1n) is 5.51. The highest BCUT2D eigenvalue weighted by Gasteiger charge is 2.18. The molecule has 0 unspecified atom stereocenters. The number of aliphatic hydroxyl groups excluding tert-OH is 1. The maximum absolute atomic E-state index is 9.78. The maximum Gasteiger partial charge on any atom is 0.0578 e. The molecule has 2 nitrogen and oxygen atoms in total. The molecule has 14 heavy (non-hydrogen) atoms. The van der Waals surface area contributed by atoms with Gasteiger partial charge in [0.2, 0.25) is 0 Å². The summed E-state index contributed by atoms with van der Waals surface area (Å²) in [5, 5.41) is 13.2. The summed E-state index contributed by atoms with van der Waals surface area (Å²) in [5.74, 6) is 0.880. The van der Waals surface area contributed by atoms with Crippen molar-refractivity contribution in [2.45, 2.75) is 46.3 Å². The van der Waals surface area contributed by atoms with Crippen LogP contribution in [0.25, 0.3) is 0 Å². The molecule has 2 heteroatoms. The first kappa shape index (κ1) is 13.7. The molecule has 0 rings (SSSR count). The van der Waals surface area contributed by atoms with Gasteiger partial charge in [-0.25, -0.2) is 0 Å². The van der Waals surface area contributed by atoms with Crippen LogP contribution in [0.2, 0.25) is 0 Å². The Kier molecular flexibility index (Phi) is 6.85. The number of rotatable bonds is 7. The van der Waals surface area contributed by atoms with Crippen molar-refractivity contribution >= 4 is 0 Å². The van der Waals surface area contributed by atoms with E-state index < -0.39 is 0 Å². The molecule has 0 aromatic carbocycles. The fourth-order valence-corrected chi connectivity index (χ4v) is 1.36. The Hall–Kier alpha value is -0.340. The zero-order valence-corrected chi connectivity index (χ0v) is 9.96. The molecule has 0 bridgehead atoms. The van der Waals surface area contributed by atoms with Crippen LogP contribution in [0.5, 0.6) is 0 Å². The molecule has 0 aromatic rings. The molecule has 0 fully saturated rings. The largest absolute Gasteiger partial charge is 0.393 e. The standard InChI is InChI=1S/C12H25NO/c1-6-7-13-11(9(2)3)8-12(14)10(4)5/h6,9-14H,1,7-8H2,2-5H3/t11-,12-/m0/s1. The Labute approximate surface area is 88.4 Å². The van der Waals surface area contributed by atoms with Crippen LogP contribution < -0.4 is 5.32 Å². The summed E-state index contributed by atoms with van der Waals surface area (Å²) in [6.45, 7) is 12.9. The summed E-state index contributed by atoms with van der Waals surface area (Å²) in [4.78, 5) is 0. The van der Waals surface area contributed by atoms with E-state index in [2.05, 4.69) is 39.6 Å². The molecular weight excluding hydrogens is 174 g/mol. The minimum atomic E-state index is -0.209. The van der Waals surface area contributed by atoms with Crippen LogP contribution in [0, 0.1) is 11.8 Å². The Bertz CT molecular complexity index is 154. The molecule has 84 valence electrons. The van der Waals surface area contributed by atoms with Crippen LogP contribution in [0.1, 0.15) is 34.1 Å². The van der Waals surface area contributed by atoms with E-state index >= 15 is 0 Å². The minimum Gasteiger partial charge on any atom is -0.393 e. The number of hydrogen-bond acceptors (Lipinski definition) is 2. The van der Waals surface area contributed by atoms with Crippen molar-refractivity contribution in [1.29, 1.82) is 0 Å². The van der Waals surface area contributed by atoms with Crippen LogP contribution in [0.4, 0.5) is 0 Å². The fourth-order valence-electron chi connectivity index (χ4n) is 1.36. The van der Waals surface area contributed by atoms with Crippen molar-refractivity contribution in [3.05, 3.63) is 12.7 Å². The quantitative estimate of drug-likeness (QED) is 0.616. The van der Waals surface area contributed by atoms with E-state index in [0.29, 0.717) is 17.9 Å². The Morgan fingerprint density at radius 2 is 1.79 bits per heavy atom. The third-order valence-corrected chi connectivity index (χ3v) is 2.59. The van der Waals surface area contributed by atoms with Gasteiger partial charge in [0.15, 0.2) is 0 Å². The van der Waals surface area contributed by atoms with Crippen LogP contribution in [0.3, 0.4) is 0 Å². The lowest BCUT2D eigenvalue weighted by Gasteiger charge is -2.26. The Morgan fingerprint density at radius 1 is 1.21 bits per heavy atom. The molecule has 0 radical (unpaired) electrons. The number of hydrogen-bond donors (Lipinski definition) is 2. The van der Waals surface area contributed by atoms with Crippen molar-refractivity contribution in [3.63, 3.8) is 0 Å². The summed E-state index contributed by atoms with van der Waals surface area (Å²) >= 11 is 0. The zero-order chi connectivity index (χ0) is 11.1. The summed E-state index contributed by atoms with van der Waals surface area (Å²) < 4.78 is 0. The first-order chi connectivity index (χ1) is 6.49. The SMILES string of the molecule is C=CCN[C@@H](C[C@H](O)C(C)C)C(C)C. The number of aliphatic hydroxyl groups is 1. The highest BCUT2D eigenvalue weighted by Crippen LogP contribution is 2.13. The van der Waals surface area contributed by atoms with Gasteiger partial charge in [0, 0.05) is 12.6 Å². The minimum absolute atomic E-state index is 0.209. The molecule has 0 aromatic heterocycles. The fraction of sp³-hybridized carbons (Fsp3) is 0.833. The second-order valence-corrected chi connectivity index (χ2v) is 4.59. The van der Waals surface area contributed by atoms with Crippen molar-refractivity contribution in [2.24, 2.45) is 11.8 Å². The molecule has 0 aliphatic carbocycles. The molecule has 0 saturated carbocycles. The third-order valence-electron chi connectivity index (χ3n) is 2.59. The van der Waals surface area contributed by atoms with Gasteiger partial charge in [-0.1, -0.05) is 33.8 Å². The first-order valence-corrected chi connectivity index (χ1v) is 5.51. The molecule has 0 amide bonds. The van der Waals surface area contributed by atoms with E-state index in [1.807, 2.05) is 6.08 Å². The number of nitrogens with one attached hydrogen (secondary N) is 1. The molecule has 2 N–H and O–H groups in total. The second kappa shape index (κ2) is 7.02. The molecule has 0 spiro atoms. The van der Waals surface area contributed by atoms with Gasteiger partial charge in [0.1, 0.15) is 0 Å². The van der Waals surface area contributed by atoms with Crippen LogP contribution in [-0.2, 0) is 0 Å². The predicted molar refractivity (Wildman–Crippen MR) is 62.3 cm³/mol. The topological polar surface area (TPSA) is 32.3 Å². The molecular formula is C12H25NO. The Balaban J connectivity index is 4.01. The van der Waals surface area contributed by atoms with Gasteiger partial charge < -0.3 is 10.4 Å². The van der Waals surface area contributed by atoms with Gasteiger partial charge in [0.05, 0.1) is 6.10 Å². The van der Waals surface area contributed by atoms with E-state index in [0.717, 1.165) is 13.0 Å². The highest BCUT2D eigenvalue weighted by atomic mass is 16.3. The van der Waals surface area contributed by atoms with E-state index in [1.165, 1.54) is 0 Å².